The molecule has 0 rings (SSSR count). The summed E-state index contributed by atoms with van der Waals surface area (Å²) in [6.45, 7) is 8.51. The Kier molecular flexibility index (Phi) is 6.60. The second-order valence-corrected chi connectivity index (χ2v) is 4.27. The van der Waals surface area contributed by atoms with Gasteiger partial charge in [-0.25, -0.2) is 0 Å². The fraction of sp³-hybridized carbons (Fsp3) is 0.917. The standard InChI is InChI=1S/C12H25NO/c1-5-8-9-10-11(14)13-12(4,6-2)7-3/h5-10H2,1-4H3,(H,13,14). The van der Waals surface area contributed by atoms with E-state index >= 15 is 0 Å². The molecule has 14 heavy (non-hydrogen) atoms. The maximum atomic E-state index is 11.5. The number of amides is 1. The SMILES string of the molecule is CCCCCC(=O)NC(C)(CC)CC. The van der Waals surface area contributed by atoms with Crippen LogP contribution in [0, 0.1) is 0 Å². The van der Waals surface area contributed by atoms with Crippen LogP contribution in [0.5, 0.6) is 0 Å². The number of rotatable bonds is 7. The molecule has 0 heterocycles. The third-order valence-electron chi connectivity index (χ3n) is 3.01. The van der Waals surface area contributed by atoms with Crippen molar-refractivity contribution in [2.75, 3.05) is 0 Å². The molecule has 0 saturated carbocycles. The fourth-order valence-corrected chi connectivity index (χ4v) is 1.36. The second kappa shape index (κ2) is 6.86. The summed E-state index contributed by atoms with van der Waals surface area (Å²) >= 11 is 0. The van der Waals surface area contributed by atoms with Crippen LogP contribution in [-0.4, -0.2) is 11.4 Å². The van der Waals surface area contributed by atoms with Gasteiger partial charge in [0, 0.05) is 12.0 Å². The highest BCUT2D eigenvalue weighted by atomic mass is 16.1. The third kappa shape index (κ3) is 5.25. The average Bonchev–Trinajstić information content (AvgIpc) is 2.18. The highest BCUT2D eigenvalue weighted by Gasteiger charge is 2.20. The minimum atomic E-state index is 0.00327. The first-order chi connectivity index (χ1) is 6.58. The van der Waals surface area contributed by atoms with Crippen molar-refractivity contribution < 1.29 is 4.79 Å². The minimum Gasteiger partial charge on any atom is -0.351 e. The number of hydrogen-bond donors (Lipinski definition) is 1. The van der Waals surface area contributed by atoms with Gasteiger partial charge >= 0.3 is 0 Å². The van der Waals surface area contributed by atoms with Gasteiger partial charge in [0.1, 0.15) is 0 Å². The molecule has 0 fully saturated rings. The molecular formula is C12H25NO. The van der Waals surface area contributed by atoms with Gasteiger partial charge in [0.15, 0.2) is 0 Å². The molecule has 1 amide bonds. The molecule has 2 nitrogen and oxygen atoms in total. The van der Waals surface area contributed by atoms with Crippen LogP contribution in [0.15, 0.2) is 0 Å². The quantitative estimate of drug-likeness (QED) is 0.626. The van der Waals surface area contributed by atoms with Crippen LogP contribution in [0.4, 0.5) is 0 Å². The molecule has 84 valence electrons. The number of nitrogens with one attached hydrogen (secondary N) is 1. The van der Waals surface area contributed by atoms with Gasteiger partial charge in [-0.15, -0.1) is 0 Å². The highest BCUT2D eigenvalue weighted by Crippen LogP contribution is 2.14. The first-order valence-corrected chi connectivity index (χ1v) is 5.89. The largest absolute Gasteiger partial charge is 0.351 e. The zero-order valence-corrected chi connectivity index (χ0v) is 10.2. The van der Waals surface area contributed by atoms with E-state index in [0.717, 1.165) is 25.7 Å². The van der Waals surface area contributed by atoms with Crippen molar-refractivity contribution in [2.24, 2.45) is 0 Å². The van der Waals surface area contributed by atoms with E-state index in [2.05, 4.69) is 33.0 Å². The van der Waals surface area contributed by atoms with E-state index in [9.17, 15) is 4.79 Å². The van der Waals surface area contributed by atoms with Crippen molar-refractivity contribution in [1.82, 2.24) is 5.32 Å². The summed E-state index contributed by atoms with van der Waals surface area (Å²) in [6.07, 6.45) is 6.04. The van der Waals surface area contributed by atoms with Gasteiger partial charge in [-0.05, 0) is 26.2 Å². The normalized spacial score (nSPS) is 11.4. The fourth-order valence-electron chi connectivity index (χ4n) is 1.36. The summed E-state index contributed by atoms with van der Waals surface area (Å²) in [5, 5.41) is 3.11. The summed E-state index contributed by atoms with van der Waals surface area (Å²) in [4.78, 5) is 11.5. The molecule has 0 aliphatic heterocycles. The van der Waals surface area contributed by atoms with Crippen LogP contribution in [0.1, 0.15) is 66.2 Å². The van der Waals surface area contributed by atoms with Crippen LogP contribution in [-0.2, 0) is 4.79 Å². The van der Waals surface area contributed by atoms with Crippen molar-refractivity contribution in [3.8, 4) is 0 Å². The van der Waals surface area contributed by atoms with Gasteiger partial charge in [0.05, 0.1) is 0 Å². The van der Waals surface area contributed by atoms with Gasteiger partial charge in [0.25, 0.3) is 0 Å². The number of unbranched alkanes of at least 4 members (excludes halogenated alkanes) is 2. The number of hydrogen-bond acceptors (Lipinski definition) is 1. The Labute approximate surface area is 88.5 Å². The first-order valence-electron chi connectivity index (χ1n) is 5.89. The minimum absolute atomic E-state index is 0.00327. The number of carbonyl (C=O) groups excluding carboxylic acids is 1. The van der Waals surface area contributed by atoms with Crippen LogP contribution in [0.3, 0.4) is 0 Å². The van der Waals surface area contributed by atoms with Gasteiger partial charge in [-0.3, -0.25) is 4.79 Å². The van der Waals surface area contributed by atoms with Crippen molar-refractivity contribution in [2.45, 2.75) is 71.8 Å². The van der Waals surface area contributed by atoms with Crippen LogP contribution in [0.25, 0.3) is 0 Å². The Balaban J connectivity index is 3.80. The van der Waals surface area contributed by atoms with Crippen molar-refractivity contribution in [3.05, 3.63) is 0 Å². The molecule has 1 N–H and O–H groups in total. The molecule has 0 saturated heterocycles. The molecule has 0 spiro atoms. The summed E-state index contributed by atoms with van der Waals surface area (Å²) in [5.41, 5.74) is 0.00327. The van der Waals surface area contributed by atoms with E-state index in [-0.39, 0.29) is 11.4 Å². The van der Waals surface area contributed by atoms with Crippen molar-refractivity contribution in [1.29, 1.82) is 0 Å². The summed E-state index contributed by atoms with van der Waals surface area (Å²) in [6, 6.07) is 0. The van der Waals surface area contributed by atoms with E-state index < -0.39 is 0 Å². The summed E-state index contributed by atoms with van der Waals surface area (Å²) < 4.78 is 0. The topological polar surface area (TPSA) is 29.1 Å². The average molecular weight is 199 g/mol. The first kappa shape index (κ1) is 13.5. The molecule has 0 radical (unpaired) electrons. The van der Waals surface area contributed by atoms with E-state index in [0.29, 0.717) is 6.42 Å². The lowest BCUT2D eigenvalue weighted by atomic mass is 9.95. The van der Waals surface area contributed by atoms with E-state index in [1.165, 1.54) is 6.42 Å². The summed E-state index contributed by atoms with van der Waals surface area (Å²) in [5.74, 6) is 0.213. The molecule has 0 aliphatic rings. The highest BCUT2D eigenvalue weighted by molar-refractivity contribution is 5.76. The molecule has 0 bridgehead atoms. The van der Waals surface area contributed by atoms with E-state index in [4.69, 9.17) is 0 Å². The van der Waals surface area contributed by atoms with Gasteiger partial charge in [0.2, 0.25) is 5.91 Å². The van der Waals surface area contributed by atoms with Gasteiger partial charge in [-0.2, -0.15) is 0 Å². The van der Waals surface area contributed by atoms with E-state index in [1.54, 1.807) is 0 Å². The maximum absolute atomic E-state index is 11.5. The zero-order valence-electron chi connectivity index (χ0n) is 10.2. The Morgan fingerprint density at radius 1 is 1.14 bits per heavy atom. The predicted molar refractivity (Wildman–Crippen MR) is 61.3 cm³/mol. The predicted octanol–water partition coefficient (Wildman–Crippen LogP) is 3.26. The summed E-state index contributed by atoms with van der Waals surface area (Å²) in [7, 11) is 0. The molecule has 0 aromatic rings. The van der Waals surface area contributed by atoms with Crippen molar-refractivity contribution >= 4 is 5.91 Å². The molecule has 0 aliphatic carbocycles. The third-order valence-corrected chi connectivity index (χ3v) is 3.01. The lowest BCUT2D eigenvalue weighted by molar-refractivity contribution is -0.123. The Bertz CT molecular complexity index is 162. The lowest BCUT2D eigenvalue weighted by Crippen LogP contribution is -2.44. The van der Waals surface area contributed by atoms with Crippen LogP contribution < -0.4 is 5.32 Å². The Hall–Kier alpha value is -0.530. The van der Waals surface area contributed by atoms with E-state index in [1.807, 2.05) is 0 Å². The monoisotopic (exact) mass is 199 g/mol. The molecular weight excluding hydrogens is 174 g/mol. The zero-order chi connectivity index (χ0) is 11.0. The molecule has 0 aromatic heterocycles. The van der Waals surface area contributed by atoms with Crippen LogP contribution in [0.2, 0.25) is 0 Å². The van der Waals surface area contributed by atoms with Crippen molar-refractivity contribution in [3.63, 3.8) is 0 Å². The molecule has 0 aromatic carbocycles. The molecule has 0 unspecified atom stereocenters. The second-order valence-electron chi connectivity index (χ2n) is 4.27. The molecule has 2 heteroatoms. The Morgan fingerprint density at radius 3 is 2.14 bits per heavy atom. The smallest absolute Gasteiger partial charge is 0.220 e. The molecule has 0 atom stereocenters. The number of carbonyl (C=O) groups is 1. The Morgan fingerprint density at radius 2 is 1.71 bits per heavy atom. The lowest BCUT2D eigenvalue weighted by Gasteiger charge is -2.28. The maximum Gasteiger partial charge on any atom is 0.220 e. The van der Waals surface area contributed by atoms with Gasteiger partial charge < -0.3 is 5.32 Å². The van der Waals surface area contributed by atoms with Crippen LogP contribution >= 0.6 is 0 Å². The van der Waals surface area contributed by atoms with Gasteiger partial charge in [-0.1, -0.05) is 33.6 Å².